The van der Waals surface area contributed by atoms with Gasteiger partial charge >= 0.3 is 0 Å². The molecule has 3 aromatic rings. The van der Waals surface area contributed by atoms with Crippen molar-refractivity contribution >= 4 is 22.5 Å². The smallest absolute Gasteiger partial charge is 0.162 e. The van der Waals surface area contributed by atoms with Crippen LogP contribution in [0.1, 0.15) is 37.4 Å². The summed E-state index contributed by atoms with van der Waals surface area (Å²) in [7, 11) is 0. The number of Topliss-reactive ketones (excluding diaryl/α,β-unsaturated/α-hetero) is 1. The van der Waals surface area contributed by atoms with Crippen molar-refractivity contribution in [3.8, 4) is 11.4 Å². The Labute approximate surface area is 139 Å². The summed E-state index contributed by atoms with van der Waals surface area (Å²) in [6.07, 6.45) is 4.74. The number of hydrogen-bond acceptors (Lipinski definition) is 5. The fraction of sp³-hybridized carbons (Fsp3) is 0.333. The number of fused-ring (bicyclic) bond motifs is 1. The Hall–Kier alpha value is -2.76. The molecule has 122 valence electrons. The number of anilines is 1. The molecule has 0 amide bonds. The van der Waals surface area contributed by atoms with Crippen LogP contribution in [0.25, 0.3) is 22.4 Å². The van der Waals surface area contributed by atoms with Gasteiger partial charge in [-0.2, -0.15) is 5.10 Å². The van der Waals surface area contributed by atoms with Crippen LogP contribution >= 0.6 is 0 Å². The lowest BCUT2D eigenvalue weighted by molar-refractivity contribution is -0.120. The van der Waals surface area contributed by atoms with E-state index in [-0.39, 0.29) is 6.04 Å². The number of nitrogen functional groups attached to an aromatic ring is 1. The van der Waals surface area contributed by atoms with Crippen molar-refractivity contribution in [3.05, 3.63) is 36.2 Å². The van der Waals surface area contributed by atoms with Gasteiger partial charge in [-0.3, -0.25) is 4.79 Å². The molecule has 2 N–H and O–H groups in total. The predicted octanol–water partition coefficient (Wildman–Crippen LogP) is 3.07. The van der Waals surface area contributed by atoms with Gasteiger partial charge in [-0.15, -0.1) is 0 Å². The second kappa shape index (κ2) is 5.70. The van der Waals surface area contributed by atoms with E-state index in [1.807, 2.05) is 42.1 Å². The Kier molecular flexibility index (Phi) is 3.52. The van der Waals surface area contributed by atoms with E-state index in [1.54, 1.807) is 0 Å². The summed E-state index contributed by atoms with van der Waals surface area (Å²) in [5, 5.41) is 5.50. The van der Waals surface area contributed by atoms with Crippen molar-refractivity contribution in [2.45, 2.75) is 38.6 Å². The van der Waals surface area contributed by atoms with Crippen molar-refractivity contribution in [1.29, 1.82) is 0 Å². The molecule has 2 heterocycles. The molecule has 0 saturated heterocycles. The number of nitrogens with two attached hydrogens (primary N) is 1. The first-order valence-electron chi connectivity index (χ1n) is 8.21. The van der Waals surface area contributed by atoms with Crippen molar-refractivity contribution in [3.63, 3.8) is 0 Å². The Morgan fingerprint density at radius 3 is 2.54 bits per heavy atom. The molecule has 24 heavy (non-hydrogen) atoms. The third-order valence-electron chi connectivity index (χ3n) is 4.67. The summed E-state index contributed by atoms with van der Waals surface area (Å²) >= 11 is 0. The average molecular weight is 321 g/mol. The lowest BCUT2D eigenvalue weighted by Gasteiger charge is -2.21. The van der Waals surface area contributed by atoms with E-state index in [0.717, 1.165) is 35.1 Å². The topological polar surface area (TPSA) is 86.7 Å². The molecule has 2 aromatic heterocycles. The maximum atomic E-state index is 11.5. The number of nitrogens with zero attached hydrogens (tertiary/aromatic N) is 4. The van der Waals surface area contributed by atoms with E-state index in [4.69, 9.17) is 10.7 Å². The zero-order chi connectivity index (χ0) is 16.7. The lowest BCUT2D eigenvalue weighted by Crippen LogP contribution is -2.19. The van der Waals surface area contributed by atoms with Crippen molar-refractivity contribution in [2.75, 3.05) is 5.73 Å². The Balaban J connectivity index is 1.79. The molecule has 0 aliphatic heterocycles. The minimum Gasteiger partial charge on any atom is -0.399 e. The number of aryl methyl sites for hydroxylation is 1. The fourth-order valence-corrected chi connectivity index (χ4v) is 3.26. The van der Waals surface area contributed by atoms with E-state index in [9.17, 15) is 4.79 Å². The van der Waals surface area contributed by atoms with Gasteiger partial charge in [-0.1, -0.05) is 0 Å². The molecular formula is C18H19N5O. The first kappa shape index (κ1) is 14.8. The van der Waals surface area contributed by atoms with Gasteiger partial charge in [0.25, 0.3) is 0 Å². The molecule has 6 nitrogen and oxygen atoms in total. The highest BCUT2D eigenvalue weighted by Gasteiger charge is 2.23. The maximum absolute atomic E-state index is 11.5. The molecule has 1 fully saturated rings. The van der Waals surface area contributed by atoms with Gasteiger partial charge in [0.05, 0.1) is 23.3 Å². The monoisotopic (exact) mass is 321 g/mol. The summed E-state index contributed by atoms with van der Waals surface area (Å²) in [6.45, 7) is 1.97. The summed E-state index contributed by atoms with van der Waals surface area (Å²) < 4.78 is 1.97. The van der Waals surface area contributed by atoms with Crippen molar-refractivity contribution in [1.82, 2.24) is 19.7 Å². The van der Waals surface area contributed by atoms with Crippen molar-refractivity contribution in [2.24, 2.45) is 0 Å². The third-order valence-corrected chi connectivity index (χ3v) is 4.67. The normalized spacial score (nSPS) is 16.0. The van der Waals surface area contributed by atoms with Crippen LogP contribution in [0.5, 0.6) is 0 Å². The number of carbonyl (C=O) groups is 1. The standard InChI is InChI=1S/C18H19N5O/c1-11-16-10-20-23(14-6-8-15(24)9-7-14)18(16)22-17(21-11)12-2-4-13(19)5-3-12/h2-5,10,14H,6-9,19H2,1H3. The van der Waals surface area contributed by atoms with Gasteiger partial charge in [-0.05, 0) is 44.0 Å². The molecule has 0 radical (unpaired) electrons. The predicted molar refractivity (Wildman–Crippen MR) is 92.4 cm³/mol. The van der Waals surface area contributed by atoms with E-state index in [0.29, 0.717) is 30.1 Å². The molecule has 0 unspecified atom stereocenters. The van der Waals surface area contributed by atoms with Crippen LogP contribution in [-0.2, 0) is 4.79 Å². The Morgan fingerprint density at radius 1 is 1.12 bits per heavy atom. The van der Waals surface area contributed by atoms with E-state index >= 15 is 0 Å². The quantitative estimate of drug-likeness (QED) is 0.733. The molecular weight excluding hydrogens is 302 g/mol. The molecule has 0 bridgehead atoms. The van der Waals surface area contributed by atoms with Crippen LogP contribution in [0.15, 0.2) is 30.5 Å². The fourth-order valence-electron chi connectivity index (χ4n) is 3.26. The molecule has 1 aliphatic carbocycles. The van der Waals surface area contributed by atoms with Gasteiger partial charge in [0.15, 0.2) is 11.5 Å². The zero-order valence-corrected chi connectivity index (χ0v) is 13.6. The highest BCUT2D eigenvalue weighted by Crippen LogP contribution is 2.30. The first-order chi connectivity index (χ1) is 11.6. The number of rotatable bonds is 2. The molecule has 1 aromatic carbocycles. The molecule has 0 atom stereocenters. The van der Waals surface area contributed by atoms with Crippen LogP contribution in [0.4, 0.5) is 5.69 Å². The average Bonchev–Trinajstić information content (AvgIpc) is 3.01. The second-order valence-electron chi connectivity index (χ2n) is 6.35. The van der Waals surface area contributed by atoms with Crippen LogP contribution in [0.2, 0.25) is 0 Å². The van der Waals surface area contributed by atoms with Crippen molar-refractivity contribution < 1.29 is 4.79 Å². The van der Waals surface area contributed by atoms with Gasteiger partial charge in [0.2, 0.25) is 0 Å². The van der Waals surface area contributed by atoms with Crippen LogP contribution in [-0.4, -0.2) is 25.5 Å². The number of benzene rings is 1. The lowest BCUT2D eigenvalue weighted by atomic mass is 9.94. The van der Waals surface area contributed by atoms with Gasteiger partial charge in [0, 0.05) is 24.1 Å². The molecule has 1 saturated carbocycles. The molecule has 0 spiro atoms. The number of carbonyl (C=O) groups excluding carboxylic acids is 1. The SMILES string of the molecule is Cc1nc(-c2ccc(N)cc2)nc2c1cnn2C1CCC(=O)CC1. The van der Waals surface area contributed by atoms with Gasteiger partial charge < -0.3 is 5.73 Å². The summed E-state index contributed by atoms with van der Waals surface area (Å²) in [5.74, 6) is 1.02. The minimum atomic E-state index is 0.230. The Morgan fingerprint density at radius 2 is 1.83 bits per heavy atom. The maximum Gasteiger partial charge on any atom is 0.162 e. The van der Waals surface area contributed by atoms with E-state index < -0.39 is 0 Å². The highest BCUT2D eigenvalue weighted by atomic mass is 16.1. The minimum absolute atomic E-state index is 0.230. The second-order valence-corrected chi connectivity index (χ2v) is 6.35. The Bertz CT molecular complexity index is 903. The largest absolute Gasteiger partial charge is 0.399 e. The zero-order valence-electron chi connectivity index (χ0n) is 13.6. The van der Waals surface area contributed by atoms with E-state index in [1.165, 1.54) is 0 Å². The molecule has 1 aliphatic rings. The van der Waals surface area contributed by atoms with E-state index in [2.05, 4.69) is 10.1 Å². The van der Waals surface area contributed by atoms with Crippen LogP contribution in [0.3, 0.4) is 0 Å². The number of ketones is 1. The molecule has 4 rings (SSSR count). The van der Waals surface area contributed by atoms with Gasteiger partial charge in [0.1, 0.15) is 5.78 Å². The van der Waals surface area contributed by atoms with Crippen LogP contribution < -0.4 is 5.73 Å². The number of hydrogen-bond donors (Lipinski definition) is 1. The molecule has 6 heteroatoms. The first-order valence-corrected chi connectivity index (χ1v) is 8.21. The third kappa shape index (κ3) is 2.54. The highest BCUT2D eigenvalue weighted by molar-refractivity contribution is 5.81. The summed E-state index contributed by atoms with van der Waals surface area (Å²) in [6, 6.07) is 7.78. The van der Waals surface area contributed by atoms with Crippen LogP contribution in [0, 0.1) is 6.92 Å². The number of aromatic nitrogens is 4. The summed E-state index contributed by atoms with van der Waals surface area (Å²) in [4.78, 5) is 20.9. The summed E-state index contributed by atoms with van der Waals surface area (Å²) in [5.41, 5.74) is 9.16. The van der Waals surface area contributed by atoms with Gasteiger partial charge in [-0.25, -0.2) is 14.6 Å².